The van der Waals surface area contributed by atoms with Gasteiger partial charge in [-0.25, -0.2) is 9.78 Å². The van der Waals surface area contributed by atoms with E-state index in [-0.39, 0.29) is 22.1 Å². The van der Waals surface area contributed by atoms with Gasteiger partial charge in [0.05, 0.1) is 12.1 Å². The number of nitrogens with one attached hydrogen (secondary N) is 1. The van der Waals surface area contributed by atoms with Crippen molar-refractivity contribution in [2.24, 2.45) is 0 Å². The molecule has 2 rings (SSSR count). The van der Waals surface area contributed by atoms with Crippen LogP contribution >= 0.6 is 11.6 Å². The zero-order valence-corrected chi connectivity index (χ0v) is 10.1. The van der Waals surface area contributed by atoms with Gasteiger partial charge in [-0.1, -0.05) is 11.6 Å². The predicted molar refractivity (Wildman–Crippen MR) is 63.7 cm³/mol. The number of aromatic nitrogens is 1. The molecule has 2 N–H and O–H groups in total. The van der Waals surface area contributed by atoms with Crippen LogP contribution < -0.4 is 5.32 Å². The highest BCUT2D eigenvalue weighted by Crippen LogP contribution is 2.26. The topological polar surface area (TPSA) is 71.5 Å². The summed E-state index contributed by atoms with van der Waals surface area (Å²) in [6.45, 7) is 3.15. The fourth-order valence-corrected chi connectivity index (χ4v) is 1.90. The van der Waals surface area contributed by atoms with Gasteiger partial charge >= 0.3 is 5.97 Å². The third-order valence-corrected chi connectivity index (χ3v) is 2.94. The third-order valence-electron chi connectivity index (χ3n) is 2.73. The quantitative estimate of drug-likeness (QED) is 0.810. The Morgan fingerprint density at radius 2 is 2.41 bits per heavy atom. The zero-order chi connectivity index (χ0) is 12.5. The second-order valence-electron chi connectivity index (χ2n) is 4.32. The van der Waals surface area contributed by atoms with Gasteiger partial charge in [-0.3, -0.25) is 0 Å². The maximum absolute atomic E-state index is 11.1. The molecular weight excluding hydrogens is 244 g/mol. The molecule has 5 nitrogen and oxygen atoms in total. The van der Waals surface area contributed by atoms with Crippen molar-refractivity contribution in [3.8, 4) is 0 Å². The summed E-state index contributed by atoms with van der Waals surface area (Å²) in [5.41, 5.74) is -0.176. The van der Waals surface area contributed by atoms with Gasteiger partial charge in [-0.2, -0.15) is 0 Å². The molecule has 1 unspecified atom stereocenters. The number of anilines is 1. The van der Waals surface area contributed by atoms with Gasteiger partial charge in [0.15, 0.2) is 0 Å². The average molecular weight is 257 g/mol. The van der Waals surface area contributed by atoms with E-state index >= 15 is 0 Å². The van der Waals surface area contributed by atoms with Crippen LogP contribution in [0.15, 0.2) is 12.1 Å². The van der Waals surface area contributed by atoms with Crippen LogP contribution in [0.25, 0.3) is 0 Å². The fraction of sp³-hybridized carbons (Fsp3) is 0.455. The van der Waals surface area contributed by atoms with Crippen LogP contribution in [-0.4, -0.2) is 34.8 Å². The number of hydrogen-bond acceptors (Lipinski definition) is 4. The summed E-state index contributed by atoms with van der Waals surface area (Å²) >= 11 is 5.78. The molecule has 0 aromatic carbocycles. The Morgan fingerprint density at radius 3 is 3.00 bits per heavy atom. The van der Waals surface area contributed by atoms with E-state index in [1.807, 2.05) is 6.92 Å². The second-order valence-corrected chi connectivity index (χ2v) is 4.71. The number of halogens is 1. The van der Waals surface area contributed by atoms with E-state index in [1.54, 1.807) is 0 Å². The highest BCUT2D eigenvalue weighted by Gasteiger charge is 2.31. The molecule has 17 heavy (non-hydrogen) atoms. The summed E-state index contributed by atoms with van der Waals surface area (Å²) in [4.78, 5) is 15.1. The van der Waals surface area contributed by atoms with Crippen molar-refractivity contribution in [3.63, 3.8) is 0 Å². The van der Waals surface area contributed by atoms with Crippen molar-refractivity contribution in [3.05, 3.63) is 22.8 Å². The van der Waals surface area contributed by atoms with Crippen LogP contribution in [0.4, 0.5) is 5.82 Å². The minimum atomic E-state index is -1.03. The summed E-state index contributed by atoms with van der Waals surface area (Å²) in [6.07, 6.45) is 0.806. The highest BCUT2D eigenvalue weighted by atomic mass is 35.5. The monoisotopic (exact) mass is 256 g/mol. The standard InChI is InChI=1S/C11H13ClN2O3/c1-11(4-5-17-6-11)14-9-7(10(15)16)2-3-8(12)13-9/h2-3H,4-6H2,1H3,(H,13,14)(H,15,16). The summed E-state index contributed by atoms with van der Waals surface area (Å²) in [6, 6.07) is 2.91. The van der Waals surface area contributed by atoms with Crippen LogP contribution in [0.5, 0.6) is 0 Å². The Labute approximate surface area is 104 Å². The molecule has 0 amide bonds. The second kappa shape index (κ2) is 4.50. The van der Waals surface area contributed by atoms with Crippen molar-refractivity contribution >= 4 is 23.4 Å². The minimum Gasteiger partial charge on any atom is -0.478 e. The summed E-state index contributed by atoms with van der Waals surface area (Å²) in [5, 5.41) is 12.4. The van der Waals surface area contributed by atoms with Gasteiger partial charge in [0.1, 0.15) is 16.5 Å². The molecule has 2 heterocycles. The first kappa shape index (κ1) is 12.1. The van der Waals surface area contributed by atoms with E-state index in [9.17, 15) is 4.79 Å². The minimum absolute atomic E-state index is 0.113. The van der Waals surface area contributed by atoms with Crippen LogP contribution in [0.3, 0.4) is 0 Å². The van der Waals surface area contributed by atoms with Gasteiger partial charge < -0.3 is 15.2 Å². The first-order valence-corrected chi connectivity index (χ1v) is 5.64. The zero-order valence-electron chi connectivity index (χ0n) is 9.36. The van der Waals surface area contributed by atoms with Gasteiger partial charge in [-0.15, -0.1) is 0 Å². The molecule has 0 radical (unpaired) electrons. The normalized spacial score (nSPS) is 23.6. The number of pyridine rings is 1. The largest absolute Gasteiger partial charge is 0.478 e. The molecule has 1 aromatic heterocycles. The van der Waals surface area contributed by atoms with Crippen LogP contribution in [0.1, 0.15) is 23.7 Å². The SMILES string of the molecule is CC1(Nc2nc(Cl)ccc2C(=O)O)CCOC1. The Hall–Kier alpha value is -1.33. The number of aromatic carboxylic acids is 1. The van der Waals surface area contributed by atoms with Gasteiger partial charge in [0.2, 0.25) is 0 Å². The van der Waals surface area contributed by atoms with Gasteiger partial charge in [-0.05, 0) is 25.5 Å². The van der Waals surface area contributed by atoms with E-state index in [0.717, 1.165) is 6.42 Å². The Morgan fingerprint density at radius 1 is 1.65 bits per heavy atom. The smallest absolute Gasteiger partial charge is 0.339 e. The van der Waals surface area contributed by atoms with Crippen molar-refractivity contribution in [1.82, 2.24) is 4.98 Å². The predicted octanol–water partition coefficient (Wildman–Crippen LogP) is 2.02. The molecular formula is C11H13ClN2O3. The molecule has 0 aliphatic carbocycles. The number of carbonyl (C=O) groups is 1. The number of carboxylic acids is 1. The number of nitrogens with zero attached hydrogens (tertiary/aromatic N) is 1. The molecule has 92 valence electrons. The number of hydrogen-bond donors (Lipinski definition) is 2. The third kappa shape index (κ3) is 2.68. The maximum Gasteiger partial charge on any atom is 0.339 e. The van der Waals surface area contributed by atoms with Crippen molar-refractivity contribution in [2.45, 2.75) is 18.9 Å². The lowest BCUT2D eigenvalue weighted by atomic mass is 10.0. The van der Waals surface area contributed by atoms with Gasteiger partial charge in [0, 0.05) is 6.61 Å². The highest BCUT2D eigenvalue weighted by molar-refractivity contribution is 6.29. The summed E-state index contributed by atoms with van der Waals surface area (Å²) < 4.78 is 5.29. The molecule has 0 spiro atoms. The van der Waals surface area contributed by atoms with Crippen LogP contribution in [0.2, 0.25) is 5.15 Å². The van der Waals surface area contributed by atoms with Crippen LogP contribution in [0, 0.1) is 0 Å². The first-order valence-electron chi connectivity index (χ1n) is 5.26. The van der Waals surface area contributed by atoms with Crippen molar-refractivity contribution in [1.29, 1.82) is 0 Å². The molecule has 1 saturated heterocycles. The molecule has 1 fully saturated rings. The number of carboxylic acid groups (broad SMARTS) is 1. The van der Waals surface area contributed by atoms with Crippen molar-refractivity contribution in [2.75, 3.05) is 18.5 Å². The molecule has 6 heteroatoms. The van der Waals surface area contributed by atoms with Crippen molar-refractivity contribution < 1.29 is 14.6 Å². The number of rotatable bonds is 3. The lowest BCUT2D eigenvalue weighted by Crippen LogP contribution is -2.36. The van der Waals surface area contributed by atoms with Gasteiger partial charge in [0.25, 0.3) is 0 Å². The molecule has 1 aromatic rings. The fourth-order valence-electron chi connectivity index (χ4n) is 1.75. The molecule has 1 aliphatic rings. The lowest BCUT2D eigenvalue weighted by molar-refractivity contribution is 0.0697. The molecule has 1 aliphatic heterocycles. The first-order chi connectivity index (χ1) is 8.00. The summed E-state index contributed by atoms with van der Waals surface area (Å²) in [7, 11) is 0. The Bertz CT molecular complexity index is 444. The molecule has 1 atom stereocenters. The van der Waals surface area contributed by atoms with E-state index in [1.165, 1.54) is 12.1 Å². The van der Waals surface area contributed by atoms with E-state index in [4.69, 9.17) is 21.4 Å². The maximum atomic E-state index is 11.1. The van der Waals surface area contributed by atoms with E-state index in [0.29, 0.717) is 13.2 Å². The Balaban J connectivity index is 2.30. The molecule has 0 bridgehead atoms. The summed E-state index contributed by atoms with van der Waals surface area (Å²) in [5.74, 6) is -0.739. The van der Waals surface area contributed by atoms with E-state index in [2.05, 4.69) is 10.3 Å². The Kier molecular flexibility index (Phi) is 3.22. The lowest BCUT2D eigenvalue weighted by Gasteiger charge is -2.25. The van der Waals surface area contributed by atoms with E-state index < -0.39 is 5.97 Å². The van der Waals surface area contributed by atoms with Crippen LogP contribution in [-0.2, 0) is 4.74 Å². The number of ether oxygens (including phenoxy) is 1. The average Bonchev–Trinajstić information content (AvgIpc) is 2.64. The molecule has 0 saturated carbocycles.